The van der Waals surface area contributed by atoms with E-state index in [0.29, 0.717) is 11.7 Å². The smallest absolute Gasteiger partial charge is 0.223 e. The molecule has 1 atom stereocenters. The molecular weight excluding hydrogens is 226 g/mol. The second kappa shape index (κ2) is 6.00. The lowest BCUT2D eigenvalue weighted by Crippen LogP contribution is -2.11. The summed E-state index contributed by atoms with van der Waals surface area (Å²) < 4.78 is 5.03. The Morgan fingerprint density at radius 3 is 2.39 bits per heavy atom. The summed E-state index contributed by atoms with van der Waals surface area (Å²) in [6, 6.07) is 10.5. The number of ether oxygens (including phenoxy) is 1. The van der Waals surface area contributed by atoms with Gasteiger partial charge in [-0.15, -0.1) is 0 Å². The maximum absolute atomic E-state index is 5.03. The van der Waals surface area contributed by atoms with E-state index in [9.17, 15) is 0 Å². The van der Waals surface area contributed by atoms with Gasteiger partial charge in [0.05, 0.1) is 25.5 Å². The van der Waals surface area contributed by atoms with Gasteiger partial charge in [0.25, 0.3) is 0 Å². The zero-order valence-electron chi connectivity index (χ0n) is 10.6. The number of anilines is 1. The molecule has 0 radical (unpaired) electrons. The van der Waals surface area contributed by atoms with Crippen LogP contribution in [0.3, 0.4) is 0 Å². The molecule has 94 valence electrons. The summed E-state index contributed by atoms with van der Waals surface area (Å²) in [6.07, 6.45) is 4.29. The molecule has 0 bridgehead atoms. The van der Waals surface area contributed by atoms with E-state index in [1.54, 1.807) is 19.5 Å². The summed E-state index contributed by atoms with van der Waals surface area (Å²) >= 11 is 0. The summed E-state index contributed by atoms with van der Waals surface area (Å²) in [6.45, 7) is 2.13. The molecule has 1 heterocycles. The molecule has 0 aliphatic carbocycles. The van der Waals surface area contributed by atoms with E-state index >= 15 is 0 Å². The van der Waals surface area contributed by atoms with Crippen LogP contribution in [0.1, 0.15) is 24.9 Å². The van der Waals surface area contributed by atoms with Gasteiger partial charge in [0, 0.05) is 0 Å². The van der Waals surface area contributed by atoms with Crippen molar-refractivity contribution in [1.29, 1.82) is 0 Å². The van der Waals surface area contributed by atoms with Gasteiger partial charge in [0.1, 0.15) is 0 Å². The van der Waals surface area contributed by atoms with Crippen molar-refractivity contribution >= 4 is 5.95 Å². The fraction of sp³-hybridized carbons (Fsp3) is 0.286. The summed E-state index contributed by atoms with van der Waals surface area (Å²) in [5.41, 5.74) is 1.24. The van der Waals surface area contributed by atoms with E-state index in [-0.39, 0.29) is 6.04 Å². The normalized spacial score (nSPS) is 11.9. The van der Waals surface area contributed by atoms with E-state index in [1.807, 2.05) is 18.2 Å². The third-order valence-corrected chi connectivity index (χ3v) is 2.78. The molecule has 1 N–H and O–H groups in total. The van der Waals surface area contributed by atoms with Crippen molar-refractivity contribution in [2.75, 3.05) is 12.4 Å². The first-order valence-corrected chi connectivity index (χ1v) is 6.01. The second-order valence-corrected chi connectivity index (χ2v) is 3.96. The summed E-state index contributed by atoms with van der Waals surface area (Å²) in [5.74, 6) is 1.28. The standard InChI is InChI=1S/C14H17N3O/c1-3-13(11-7-5-4-6-8-11)17-14-15-9-12(18-2)10-16-14/h4-10,13H,3H2,1-2H3,(H,15,16,17). The number of nitrogens with one attached hydrogen (secondary N) is 1. The average Bonchev–Trinajstić information content (AvgIpc) is 2.46. The van der Waals surface area contributed by atoms with Gasteiger partial charge in [0.2, 0.25) is 5.95 Å². The lowest BCUT2D eigenvalue weighted by atomic mass is 10.1. The van der Waals surface area contributed by atoms with Crippen LogP contribution in [0.2, 0.25) is 0 Å². The lowest BCUT2D eigenvalue weighted by Gasteiger charge is -2.17. The van der Waals surface area contributed by atoms with Gasteiger partial charge in [0.15, 0.2) is 5.75 Å². The van der Waals surface area contributed by atoms with Gasteiger partial charge in [-0.25, -0.2) is 9.97 Å². The number of nitrogens with zero attached hydrogens (tertiary/aromatic N) is 2. The van der Waals surface area contributed by atoms with Gasteiger partial charge in [-0.05, 0) is 12.0 Å². The predicted molar refractivity (Wildman–Crippen MR) is 71.7 cm³/mol. The van der Waals surface area contributed by atoms with Crippen LogP contribution < -0.4 is 10.1 Å². The molecule has 1 aromatic carbocycles. The highest BCUT2D eigenvalue weighted by atomic mass is 16.5. The lowest BCUT2D eigenvalue weighted by molar-refractivity contribution is 0.411. The second-order valence-electron chi connectivity index (χ2n) is 3.96. The van der Waals surface area contributed by atoms with Crippen LogP contribution >= 0.6 is 0 Å². The average molecular weight is 243 g/mol. The molecular formula is C14H17N3O. The fourth-order valence-electron chi connectivity index (χ4n) is 1.76. The highest BCUT2D eigenvalue weighted by Gasteiger charge is 2.09. The van der Waals surface area contributed by atoms with E-state index in [0.717, 1.165) is 6.42 Å². The van der Waals surface area contributed by atoms with E-state index in [4.69, 9.17) is 4.74 Å². The first-order chi connectivity index (χ1) is 8.83. The Hall–Kier alpha value is -2.10. The van der Waals surface area contributed by atoms with Crippen LogP contribution in [0, 0.1) is 0 Å². The third kappa shape index (κ3) is 2.97. The van der Waals surface area contributed by atoms with Crippen LogP contribution in [-0.2, 0) is 0 Å². The number of rotatable bonds is 5. The number of aromatic nitrogens is 2. The number of hydrogen-bond donors (Lipinski definition) is 1. The predicted octanol–water partition coefficient (Wildman–Crippen LogP) is 3.05. The molecule has 0 spiro atoms. The monoisotopic (exact) mass is 243 g/mol. The van der Waals surface area contributed by atoms with Crippen molar-refractivity contribution in [3.63, 3.8) is 0 Å². The van der Waals surface area contributed by atoms with Crippen molar-refractivity contribution in [1.82, 2.24) is 9.97 Å². The minimum atomic E-state index is 0.222. The molecule has 18 heavy (non-hydrogen) atoms. The Morgan fingerprint density at radius 2 is 1.83 bits per heavy atom. The maximum atomic E-state index is 5.03. The van der Waals surface area contributed by atoms with Crippen molar-refractivity contribution in [2.45, 2.75) is 19.4 Å². The van der Waals surface area contributed by atoms with Crippen LogP contribution in [0.5, 0.6) is 5.75 Å². The quantitative estimate of drug-likeness (QED) is 0.876. The first-order valence-electron chi connectivity index (χ1n) is 6.01. The largest absolute Gasteiger partial charge is 0.494 e. The minimum Gasteiger partial charge on any atom is -0.494 e. The van der Waals surface area contributed by atoms with Gasteiger partial charge < -0.3 is 10.1 Å². The highest BCUT2D eigenvalue weighted by molar-refractivity contribution is 5.33. The van der Waals surface area contributed by atoms with Crippen LogP contribution in [0.25, 0.3) is 0 Å². The Balaban J connectivity index is 2.10. The third-order valence-electron chi connectivity index (χ3n) is 2.78. The van der Waals surface area contributed by atoms with Crippen molar-refractivity contribution in [2.24, 2.45) is 0 Å². The Bertz CT molecular complexity index is 470. The molecule has 4 nitrogen and oxygen atoms in total. The first kappa shape index (κ1) is 12.4. The molecule has 1 aromatic heterocycles. The van der Waals surface area contributed by atoms with E-state index in [1.165, 1.54) is 5.56 Å². The summed E-state index contributed by atoms with van der Waals surface area (Å²) in [4.78, 5) is 8.43. The number of hydrogen-bond acceptors (Lipinski definition) is 4. The van der Waals surface area contributed by atoms with Gasteiger partial charge >= 0.3 is 0 Å². The summed E-state index contributed by atoms with van der Waals surface area (Å²) in [5, 5.41) is 3.32. The topological polar surface area (TPSA) is 47.0 Å². The van der Waals surface area contributed by atoms with Crippen molar-refractivity contribution in [3.05, 3.63) is 48.3 Å². The van der Waals surface area contributed by atoms with Crippen LogP contribution in [0.4, 0.5) is 5.95 Å². The molecule has 0 aliphatic rings. The molecule has 0 saturated heterocycles. The molecule has 2 aromatic rings. The Labute approximate surface area is 107 Å². The SMILES string of the molecule is CCC(Nc1ncc(OC)cn1)c1ccccc1. The van der Waals surface area contributed by atoms with Crippen LogP contribution in [-0.4, -0.2) is 17.1 Å². The van der Waals surface area contributed by atoms with Crippen molar-refractivity contribution < 1.29 is 4.74 Å². The molecule has 2 rings (SSSR count). The number of benzene rings is 1. The fourth-order valence-corrected chi connectivity index (χ4v) is 1.76. The van der Waals surface area contributed by atoms with Gasteiger partial charge in [-0.2, -0.15) is 0 Å². The highest BCUT2D eigenvalue weighted by Crippen LogP contribution is 2.20. The molecule has 0 aliphatic heterocycles. The zero-order chi connectivity index (χ0) is 12.8. The molecule has 0 amide bonds. The molecule has 4 heteroatoms. The molecule has 0 saturated carbocycles. The van der Waals surface area contributed by atoms with E-state index < -0.39 is 0 Å². The van der Waals surface area contributed by atoms with Crippen molar-refractivity contribution in [3.8, 4) is 5.75 Å². The maximum Gasteiger partial charge on any atom is 0.223 e. The Morgan fingerprint density at radius 1 is 1.17 bits per heavy atom. The molecule has 0 fully saturated rings. The van der Waals surface area contributed by atoms with Crippen LogP contribution in [0.15, 0.2) is 42.7 Å². The zero-order valence-corrected chi connectivity index (χ0v) is 10.6. The number of methoxy groups -OCH3 is 1. The van der Waals surface area contributed by atoms with Gasteiger partial charge in [-0.1, -0.05) is 37.3 Å². The summed E-state index contributed by atoms with van der Waals surface area (Å²) in [7, 11) is 1.60. The Kier molecular flexibility index (Phi) is 4.12. The molecule has 1 unspecified atom stereocenters. The van der Waals surface area contributed by atoms with E-state index in [2.05, 4.69) is 34.3 Å². The van der Waals surface area contributed by atoms with Gasteiger partial charge in [-0.3, -0.25) is 0 Å². The minimum absolute atomic E-state index is 0.222.